The Labute approximate surface area is 132 Å². The average molecular weight is 320 g/mol. The van der Waals surface area contributed by atoms with E-state index in [2.05, 4.69) is 22.0 Å². The van der Waals surface area contributed by atoms with E-state index in [-0.39, 0.29) is 0 Å². The molecule has 0 atom stereocenters. The Kier molecular flexibility index (Phi) is 35.4. The van der Waals surface area contributed by atoms with Gasteiger partial charge in [0.15, 0.2) is 0 Å². The smallest absolute Gasteiger partial charge is 0.0537 e. The van der Waals surface area contributed by atoms with E-state index in [1.807, 2.05) is 26.5 Å². The highest BCUT2D eigenvalue weighted by molar-refractivity contribution is 6.16. The number of hydrogen-bond acceptors (Lipinski definition) is 6. The van der Waals surface area contributed by atoms with Crippen LogP contribution >= 0.6 is 0 Å². The van der Waals surface area contributed by atoms with Crippen molar-refractivity contribution in [3.05, 3.63) is 12.3 Å². The van der Waals surface area contributed by atoms with Gasteiger partial charge >= 0.3 is 0 Å². The molecule has 0 amide bonds. The van der Waals surface area contributed by atoms with Gasteiger partial charge in [-0.25, -0.2) is 0 Å². The van der Waals surface area contributed by atoms with Crippen LogP contribution < -0.4 is 0 Å². The van der Waals surface area contributed by atoms with Crippen LogP contribution in [0.4, 0.5) is 0 Å². The molecule has 126 valence electrons. The van der Waals surface area contributed by atoms with Crippen LogP contribution in [0.25, 0.3) is 0 Å². The molecule has 0 unspecified atom stereocenters. The zero-order valence-corrected chi connectivity index (χ0v) is 16.6. The van der Waals surface area contributed by atoms with Gasteiger partial charge in [0.05, 0.1) is 17.1 Å². The summed E-state index contributed by atoms with van der Waals surface area (Å²) in [5.74, 6) is 0. The molecule has 0 radical (unpaired) electrons. The summed E-state index contributed by atoms with van der Waals surface area (Å²) < 4.78 is 0. The highest BCUT2D eigenvalue weighted by atomic mass is 28.1. The van der Waals surface area contributed by atoms with Crippen molar-refractivity contribution in [3.63, 3.8) is 0 Å². The minimum atomic E-state index is 0.773. The Hall–Kier alpha value is -1.63. The van der Waals surface area contributed by atoms with E-state index < -0.39 is 0 Å². The molecule has 0 fully saturated rings. The molecule has 0 heterocycles. The third-order valence-electron chi connectivity index (χ3n) is 2.05. The van der Waals surface area contributed by atoms with Crippen molar-refractivity contribution < 1.29 is 15.6 Å². The van der Waals surface area contributed by atoms with E-state index in [9.17, 15) is 0 Å². The predicted molar refractivity (Wildman–Crippen MR) is 95.7 cm³/mol. The molecule has 0 saturated carbocycles. The molecular weight excluding hydrogens is 286 g/mol. The van der Waals surface area contributed by atoms with Crippen LogP contribution in [0.15, 0.2) is 27.7 Å². The minimum absolute atomic E-state index is 0.773. The second kappa shape index (κ2) is 26.8. The molecule has 0 aromatic carbocycles. The Morgan fingerprint density at radius 3 is 0.952 bits per heavy atom. The van der Waals surface area contributed by atoms with Crippen molar-refractivity contribution in [1.29, 1.82) is 0 Å². The zero-order valence-electron chi connectivity index (χ0n) is 14.6. The van der Waals surface area contributed by atoms with Crippen molar-refractivity contribution in [1.82, 2.24) is 0 Å². The van der Waals surface area contributed by atoms with E-state index in [1.165, 1.54) is 0 Å². The monoisotopic (exact) mass is 319 g/mol. The molecule has 0 saturated heterocycles. The molecule has 0 aliphatic rings. The first-order chi connectivity index (χ1) is 9.84. The van der Waals surface area contributed by atoms with Gasteiger partial charge in [-0.05, 0) is 40.0 Å². The first-order valence-electron chi connectivity index (χ1n) is 6.94. The number of rotatable bonds is 3. The first kappa shape index (κ1) is 27.7. The lowest BCUT2D eigenvalue weighted by molar-refractivity contribution is 0.317. The summed E-state index contributed by atoms with van der Waals surface area (Å²) in [6.07, 6.45) is 2.49. The molecular formula is C14H33N3O3Si. The third-order valence-corrected chi connectivity index (χ3v) is 2.05. The van der Waals surface area contributed by atoms with Gasteiger partial charge in [-0.3, -0.25) is 0 Å². The quantitative estimate of drug-likeness (QED) is 0.322. The largest absolute Gasteiger partial charge is 0.411 e. The predicted octanol–water partition coefficient (Wildman–Crippen LogP) is 3.23. The summed E-state index contributed by atoms with van der Waals surface area (Å²) in [5.41, 5.74) is 4.21. The van der Waals surface area contributed by atoms with Crippen LogP contribution in [0, 0.1) is 0 Å². The fraction of sp³-hybridized carbons (Fsp3) is 0.643. The van der Waals surface area contributed by atoms with Gasteiger partial charge in [-0.15, -0.1) is 12.3 Å². The number of oxime groups is 3. The number of hydrogen-bond donors (Lipinski definition) is 3. The third kappa shape index (κ3) is 45.8. The van der Waals surface area contributed by atoms with Crippen LogP contribution in [0.1, 0.15) is 60.8 Å². The minimum Gasteiger partial charge on any atom is -0.411 e. The van der Waals surface area contributed by atoms with Crippen molar-refractivity contribution in [3.8, 4) is 0 Å². The summed E-state index contributed by atoms with van der Waals surface area (Å²) in [4.78, 5) is 0. The van der Waals surface area contributed by atoms with Crippen LogP contribution in [0.2, 0.25) is 0 Å². The van der Waals surface area contributed by atoms with Crippen molar-refractivity contribution >= 4 is 27.4 Å². The van der Waals surface area contributed by atoms with E-state index in [4.69, 9.17) is 15.6 Å². The molecule has 6 nitrogen and oxygen atoms in total. The fourth-order valence-electron chi connectivity index (χ4n) is 0.212. The van der Waals surface area contributed by atoms with Crippen molar-refractivity contribution in [2.45, 2.75) is 60.8 Å². The molecule has 0 rings (SSSR count). The summed E-state index contributed by atoms with van der Waals surface area (Å²) in [6.45, 7) is 14.6. The van der Waals surface area contributed by atoms with Gasteiger partial charge in [-0.2, -0.15) is 0 Å². The second-order valence-electron chi connectivity index (χ2n) is 3.97. The highest BCUT2D eigenvalue weighted by Gasteiger charge is 1.78. The van der Waals surface area contributed by atoms with Crippen LogP contribution in [0.3, 0.4) is 0 Å². The van der Waals surface area contributed by atoms with Gasteiger partial charge in [0.1, 0.15) is 0 Å². The topological polar surface area (TPSA) is 97.8 Å². The lowest BCUT2D eigenvalue weighted by Crippen LogP contribution is -1.83. The highest BCUT2D eigenvalue weighted by Crippen LogP contribution is 1.79. The van der Waals surface area contributed by atoms with E-state index in [0.717, 1.165) is 46.6 Å². The molecule has 0 bridgehead atoms. The molecule has 0 aromatic rings. The molecule has 7 heteroatoms. The number of nitrogens with zero attached hydrogens (tertiary/aromatic N) is 3. The molecule has 0 aliphatic carbocycles. The van der Waals surface area contributed by atoms with Crippen LogP contribution in [-0.4, -0.2) is 43.0 Å². The lowest BCUT2D eigenvalue weighted by atomic mass is 10.3. The van der Waals surface area contributed by atoms with Gasteiger partial charge in [-0.1, -0.05) is 36.2 Å². The summed E-state index contributed by atoms with van der Waals surface area (Å²) in [6, 6.07) is 0. The molecule has 21 heavy (non-hydrogen) atoms. The molecule has 3 N–H and O–H groups in total. The first-order valence-corrected chi connectivity index (χ1v) is 8.09. The van der Waals surface area contributed by atoms with E-state index >= 15 is 0 Å². The van der Waals surface area contributed by atoms with Gasteiger partial charge in [0, 0.05) is 10.2 Å². The maximum absolute atomic E-state index is 7.92. The maximum atomic E-state index is 7.92. The van der Waals surface area contributed by atoms with Gasteiger partial charge < -0.3 is 15.6 Å². The van der Waals surface area contributed by atoms with Crippen molar-refractivity contribution in [2.75, 3.05) is 0 Å². The van der Waals surface area contributed by atoms with Crippen LogP contribution in [-0.2, 0) is 0 Å². The Balaban J connectivity index is -0.0000000944. The summed E-state index contributed by atoms with van der Waals surface area (Å²) in [7, 11) is 1.13. The second-order valence-corrected chi connectivity index (χ2v) is 4.79. The average Bonchev–Trinajstić information content (AvgIpc) is 2.54. The molecule has 0 aromatic heterocycles. The molecule has 0 aliphatic heterocycles. The maximum Gasteiger partial charge on any atom is 0.0537 e. The van der Waals surface area contributed by atoms with Gasteiger partial charge in [0.2, 0.25) is 0 Å². The Morgan fingerprint density at radius 1 is 0.810 bits per heavy atom. The summed E-state index contributed by atoms with van der Waals surface area (Å²) >= 11 is 0. The van der Waals surface area contributed by atoms with E-state index in [0.29, 0.717) is 0 Å². The van der Waals surface area contributed by atoms with Gasteiger partial charge in [0.25, 0.3) is 0 Å². The standard InChI is InChI=1S/3C4H9NO.C2H6Si/c3*1-3-4(2)5-6;1-2-3/h3*6H,3H2,1-2H3;2H,1H2,3H3. The fourth-order valence-corrected chi connectivity index (χ4v) is 0.212. The SMILES string of the molecule is C=C[SiH3].CCC(C)=NO.CCC(C)=NO.CCC(C)=NO. The normalized spacial score (nSPS) is 11.0. The van der Waals surface area contributed by atoms with Crippen LogP contribution in [0.5, 0.6) is 0 Å². The Morgan fingerprint density at radius 2 is 0.952 bits per heavy atom. The van der Waals surface area contributed by atoms with Crippen molar-refractivity contribution in [2.24, 2.45) is 15.5 Å². The Bertz CT molecular complexity index is 261. The zero-order chi connectivity index (χ0) is 17.7. The van der Waals surface area contributed by atoms with E-state index in [1.54, 1.807) is 20.8 Å². The summed E-state index contributed by atoms with van der Waals surface area (Å²) in [5, 5.41) is 32.5. The lowest BCUT2D eigenvalue weighted by Gasteiger charge is -1.81. The molecule has 0 spiro atoms.